The Morgan fingerprint density at radius 2 is 1.93 bits per heavy atom. The number of ketones is 1. The van der Waals surface area contributed by atoms with Gasteiger partial charge in [0.05, 0.1) is 4.92 Å². The molecule has 0 bridgehead atoms. The zero-order chi connectivity index (χ0) is 19.4. The standard InChI is InChI=1S/C19H20N4O4/c1-14(24)15-6-7-17(18(13-15)23(26)27)21-9-4-10-22(12-11-21)19(25)16-5-2-3-8-20-16/h2-3,5-8,13H,4,9-12H2,1H3. The lowest BCUT2D eigenvalue weighted by Gasteiger charge is -2.23. The highest BCUT2D eigenvalue weighted by atomic mass is 16.6. The highest BCUT2D eigenvalue weighted by Gasteiger charge is 2.25. The van der Waals surface area contributed by atoms with E-state index in [1.165, 1.54) is 13.0 Å². The number of benzene rings is 1. The van der Waals surface area contributed by atoms with E-state index >= 15 is 0 Å². The molecule has 140 valence electrons. The second kappa shape index (κ2) is 7.94. The van der Waals surface area contributed by atoms with Gasteiger partial charge in [0.25, 0.3) is 11.6 Å². The molecule has 1 aliphatic heterocycles. The van der Waals surface area contributed by atoms with E-state index < -0.39 is 4.92 Å². The fourth-order valence-electron chi connectivity index (χ4n) is 3.17. The molecule has 1 fully saturated rings. The lowest BCUT2D eigenvalue weighted by atomic mass is 10.1. The molecule has 8 heteroatoms. The summed E-state index contributed by atoms with van der Waals surface area (Å²) in [5.41, 5.74) is 1.08. The highest BCUT2D eigenvalue weighted by Crippen LogP contribution is 2.30. The van der Waals surface area contributed by atoms with Gasteiger partial charge in [0, 0.05) is 44.0 Å². The number of hydrogen-bond acceptors (Lipinski definition) is 6. The number of Topliss-reactive ketones (excluding diaryl/α,β-unsaturated/α-hetero) is 1. The average Bonchev–Trinajstić information content (AvgIpc) is 2.93. The predicted molar refractivity (Wildman–Crippen MR) is 100 cm³/mol. The maximum Gasteiger partial charge on any atom is 0.293 e. The molecule has 0 radical (unpaired) electrons. The van der Waals surface area contributed by atoms with Crippen molar-refractivity contribution in [2.45, 2.75) is 13.3 Å². The minimum Gasteiger partial charge on any atom is -0.364 e. The van der Waals surface area contributed by atoms with E-state index in [9.17, 15) is 19.7 Å². The van der Waals surface area contributed by atoms with Crippen molar-refractivity contribution < 1.29 is 14.5 Å². The smallest absolute Gasteiger partial charge is 0.293 e. The Kier molecular flexibility index (Phi) is 5.44. The first kappa shape index (κ1) is 18.5. The second-order valence-electron chi connectivity index (χ2n) is 6.36. The van der Waals surface area contributed by atoms with Crippen molar-refractivity contribution in [3.63, 3.8) is 0 Å². The zero-order valence-corrected chi connectivity index (χ0v) is 15.0. The summed E-state index contributed by atoms with van der Waals surface area (Å²) in [6.07, 6.45) is 2.27. The van der Waals surface area contributed by atoms with Crippen LogP contribution in [0.1, 0.15) is 34.2 Å². The van der Waals surface area contributed by atoms with Crippen LogP contribution in [0.15, 0.2) is 42.6 Å². The predicted octanol–water partition coefficient (Wildman–Crippen LogP) is 2.54. The molecular weight excluding hydrogens is 348 g/mol. The number of nitro groups is 1. The first-order valence-electron chi connectivity index (χ1n) is 8.72. The van der Waals surface area contributed by atoms with Crippen LogP contribution in [0.5, 0.6) is 0 Å². The van der Waals surface area contributed by atoms with E-state index in [-0.39, 0.29) is 17.4 Å². The quantitative estimate of drug-likeness (QED) is 0.467. The Morgan fingerprint density at radius 1 is 1.11 bits per heavy atom. The summed E-state index contributed by atoms with van der Waals surface area (Å²) in [7, 11) is 0. The summed E-state index contributed by atoms with van der Waals surface area (Å²) in [5, 5.41) is 11.5. The number of nitro benzene ring substituents is 1. The summed E-state index contributed by atoms with van der Waals surface area (Å²) in [4.78, 5) is 42.8. The molecular formula is C19H20N4O4. The third kappa shape index (κ3) is 4.11. The van der Waals surface area contributed by atoms with Crippen molar-refractivity contribution in [2.75, 3.05) is 31.1 Å². The third-order valence-corrected chi connectivity index (χ3v) is 4.59. The number of rotatable bonds is 4. The van der Waals surface area contributed by atoms with Gasteiger partial charge >= 0.3 is 0 Å². The first-order valence-corrected chi connectivity index (χ1v) is 8.72. The molecule has 1 aromatic heterocycles. The van der Waals surface area contributed by atoms with Crippen LogP contribution >= 0.6 is 0 Å². The molecule has 0 saturated carbocycles. The normalized spacial score (nSPS) is 14.6. The lowest BCUT2D eigenvalue weighted by molar-refractivity contribution is -0.384. The number of aromatic nitrogens is 1. The molecule has 0 unspecified atom stereocenters. The molecule has 3 rings (SSSR count). The molecule has 27 heavy (non-hydrogen) atoms. The molecule has 1 aromatic carbocycles. The lowest BCUT2D eigenvalue weighted by Crippen LogP contribution is -2.35. The largest absolute Gasteiger partial charge is 0.364 e. The Labute approximate surface area is 156 Å². The summed E-state index contributed by atoms with van der Waals surface area (Å²) in [5.74, 6) is -0.355. The molecule has 2 heterocycles. The minimum absolute atomic E-state index is 0.0906. The van der Waals surface area contributed by atoms with Crippen LogP contribution in [-0.4, -0.2) is 52.7 Å². The fraction of sp³-hybridized carbons (Fsp3) is 0.316. The molecule has 1 amide bonds. The van der Waals surface area contributed by atoms with E-state index in [1.54, 1.807) is 41.4 Å². The van der Waals surface area contributed by atoms with Gasteiger partial charge in [-0.1, -0.05) is 6.07 Å². The molecule has 1 saturated heterocycles. The van der Waals surface area contributed by atoms with E-state index in [0.29, 0.717) is 49.5 Å². The Bertz CT molecular complexity index is 869. The topological polar surface area (TPSA) is 96.7 Å². The summed E-state index contributed by atoms with van der Waals surface area (Å²) in [6.45, 7) is 3.45. The average molecular weight is 368 g/mol. The van der Waals surface area contributed by atoms with Gasteiger partial charge in [0.15, 0.2) is 5.78 Å². The van der Waals surface area contributed by atoms with Crippen LogP contribution < -0.4 is 4.90 Å². The number of hydrogen-bond donors (Lipinski definition) is 0. The summed E-state index contributed by atoms with van der Waals surface area (Å²) in [6, 6.07) is 9.74. The van der Waals surface area contributed by atoms with Gasteiger partial charge in [0.2, 0.25) is 0 Å². The molecule has 0 spiro atoms. The van der Waals surface area contributed by atoms with Gasteiger partial charge in [-0.05, 0) is 37.6 Å². The number of anilines is 1. The van der Waals surface area contributed by atoms with Crippen LogP contribution in [-0.2, 0) is 0 Å². The monoisotopic (exact) mass is 368 g/mol. The highest BCUT2D eigenvalue weighted by molar-refractivity contribution is 5.95. The molecule has 8 nitrogen and oxygen atoms in total. The molecule has 2 aromatic rings. The van der Waals surface area contributed by atoms with Gasteiger partial charge in [-0.25, -0.2) is 0 Å². The Balaban J connectivity index is 1.79. The maximum atomic E-state index is 12.6. The van der Waals surface area contributed by atoms with E-state index in [4.69, 9.17) is 0 Å². The number of amides is 1. The van der Waals surface area contributed by atoms with Crippen molar-refractivity contribution in [1.82, 2.24) is 9.88 Å². The van der Waals surface area contributed by atoms with Crippen molar-refractivity contribution >= 4 is 23.1 Å². The first-order chi connectivity index (χ1) is 13.0. The molecule has 0 atom stereocenters. The molecule has 0 N–H and O–H groups in total. The number of carbonyl (C=O) groups is 2. The van der Waals surface area contributed by atoms with Gasteiger partial charge in [-0.3, -0.25) is 24.7 Å². The van der Waals surface area contributed by atoms with Gasteiger partial charge < -0.3 is 9.80 Å². The molecule has 0 aliphatic carbocycles. The fourth-order valence-corrected chi connectivity index (χ4v) is 3.17. The van der Waals surface area contributed by atoms with Gasteiger partial charge in [-0.15, -0.1) is 0 Å². The Morgan fingerprint density at radius 3 is 2.59 bits per heavy atom. The summed E-state index contributed by atoms with van der Waals surface area (Å²) < 4.78 is 0. The van der Waals surface area contributed by atoms with Crippen LogP contribution in [0.2, 0.25) is 0 Å². The third-order valence-electron chi connectivity index (χ3n) is 4.59. The SMILES string of the molecule is CC(=O)c1ccc(N2CCCN(C(=O)c3ccccn3)CC2)c([N+](=O)[O-])c1. The van der Waals surface area contributed by atoms with Crippen LogP contribution in [0.25, 0.3) is 0 Å². The number of nitrogens with zero attached hydrogens (tertiary/aromatic N) is 4. The van der Waals surface area contributed by atoms with Crippen LogP contribution in [0, 0.1) is 10.1 Å². The van der Waals surface area contributed by atoms with E-state index in [1.807, 2.05) is 4.90 Å². The van der Waals surface area contributed by atoms with Crippen molar-refractivity contribution in [2.24, 2.45) is 0 Å². The van der Waals surface area contributed by atoms with Gasteiger partial charge in [0.1, 0.15) is 11.4 Å². The van der Waals surface area contributed by atoms with Crippen molar-refractivity contribution in [3.05, 3.63) is 64.0 Å². The van der Waals surface area contributed by atoms with E-state index in [2.05, 4.69) is 4.98 Å². The van der Waals surface area contributed by atoms with Gasteiger partial charge in [-0.2, -0.15) is 0 Å². The zero-order valence-electron chi connectivity index (χ0n) is 15.0. The van der Waals surface area contributed by atoms with E-state index in [0.717, 1.165) is 0 Å². The minimum atomic E-state index is -0.469. The maximum absolute atomic E-state index is 12.6. The van der Waals surface area contributed by atoms with Crippen LogP contribution in [0.4, 0.5) is 11.4 Å². The molecule has 1 aliphatic rings. The van der Waals surface area contributed by atoms with Crippen molar-refractivity contribution in [3.8, 4) is 0 Å². The Hall–Kier alpha value is -3.29. The van der Waals surface area contributed by atoms with Crippen LogP contribution in [0.3, 0.4) is 0 Å². The summed E-state index contributed by atoms with van der Waals surface area (Å²) >= 11 is 0. The second-order valence-corrected chi connectivity index (χ2v) is 6.36. The number of carbonyl (C=O) groups excluding carboxylic acids is 2. The van der Waals surface area contributed by atoms with Crippen molar-refractivity contribution in [1.29, 1.82) is 0 Å². The number of pyridine rings is 1.